The number of aryl methyl sites for hydroxylation is 1. The Morgan fingerprint density at radius 1 is 1.14 bits per heavy atom. The fourth-order valence-electron chi connectivity index (χ4n) is 2.65. The van der Waals surface area contributed by atoms with Gasteiger partial charge in [-0.15, -0.1) is 0 Å². The van der Waals surface area contributed by atoms with Gasteiger partial charge in [-0.3, -0.25) is 4.79 Å². The summed E-state index contributed by atoms with van der Waals surface area (Å²) in [6, 6.07) is 11.9. The third-order valence-corrected chi connectivity index (χ3v) is 6.20. The van der Waals surface area contributed by atoms with E-state index in [1.807, 2.05) is 26.0 Å². The van der Waals surface area contributed by atoms with Gasteiger partial charge in [-0.05, 0) is 48.2 Å². The summed E-state index contributed by atoms with van der Waals surface area (Å²) >= 11 is 0. The predicted molar refractivity (Wildman–Crippen MR) is 110 cm³/mol. The van der Waals surface area contributed by atoms with Crippen LogP contribution in [0.4, 0.5) is 0 Å². The molecule has 0 saturated heterocycles. The quantitative estimate of drug-likeness (QED) is 0.733. The number of sulfonamides is 1. The normalized spacial score (nSPS) is 11.7. The van der Waals surface area contributed by atoms with Crippen molar-refractivity contribution >= 4 is 15.9 Å². The molecule has 0 aliphatic heterocycles. The molecule has 2 aromatic carbocycles. The largest absolute Gasteiger partial charge is 0.497 e. The maximum atomic E-state index is 13.0. The van der Waals surface area contributed by atoms with Crippen LogP contribution in [-0.2, 0) is 16.6 Å². The molecule has 0 aromatic heterocycles. The molecule has 0 unspecified atom stereocenters. The second-order valence-corrected chi connectivity index (χ2v) is 9.23. The summed E-state index contributed by atoms with van der Waals surface area (Å²) in [7, 11) is -0.628. The first-order valence-electron chi connectivity index (χ1n) is 9.13. The Hall–Kier alpha value is -2.38. The SMILES string of the molecule is COc1ccc(CN(C)S(=O)(=O)c2ccc(C)c(C(=O)NCC(C)C)c2)cc1. The highest BCUT2D eigenvalue weighted by Gasteiger charge is 2.23. The van der Waals surface area contributed by atoms with E-state index >= 15 is 0 Å². The molecule has 0 bridgehead atoms. The van der Waals surface area contributed by atoms with Crippen molar-refractivity contribution in [3.05, 3.63) is 59.2 Å². The number of ether oxygens (including phenoxy) is 1. The van der Waals surface area contributed by atoms with Gasteiger partial charge in [0.05, 0.1) is 12.0 Å². The van der Waals surface area contributed by atoms with E-state index < -0.39 is 10.0 Å². The minimum Gasteiger partial charge on any atom is -0.497 e. The topological polar surface area (TPSA) is 75.7 Å². The first-order valence-corrected chi connectivity index (χ1v) is 10.6. The average molecular weight is 405 g/mol. The maximum Gasteiger partial charge on any atom is 0.251 e. The minimum absolute atomic E-state index is 0.101. The molecule has 2 aromatic rings. The van der Waals surface area contributed by atoms with Gasteiger partial charge in [0, 0.05) is 25.7 Å². The fraction of sp³-hybridized carbons (Fsp3) is 0.381. The zero-order valence-corrected chi connectivity index (χ0v) is 17.8. The molecule has 0 aliphatic carbocycles. The maximum absolute atomic E-state index is 13.0. The molecule has 1 amide bonds. The fourth-order valence-corrected chi connectivity index (χ4v) is 3.84. The van der Waals surface area contributed by atoms with Crippen molar-refractivity contribution in [1.29, 1.82) is 0 Å². The van der Waals surface area contributed by atoms with E-state index in [0.717, 1.165) is 11.1 Å². The molecule has 7 heteroatoms. The van der Waals surface area contributed by atoms with Crippen LogP contribution in [0.15, 0.2) is 47.4 Å². The van der Waals surface area contributed by atoms with Crippen LogP contribution in [-0.4, -0.2) is 39.3 Å². The van der Waals surface area contributed by atoms with Crippen LogP contribution in [0.2, 0.25) is 0 Å². The Balaban J connectivity index is 2.23. The minimum atomic E-state index is -3.73. The van der Waals surface area contributed by atoms with Crippen LogP contribution in [0.5, 0.6) is 5.75 Å². The summed E-state index contributed by atoms with van der Waals surface area (Å²) in [6.07, 6.45) is 0. The smallest absolute Gasteiger partial charge is 0.251 e. The first-order chi connectivity index (χ1) is 13.1. The molecular formula is C21H28N2O4S. The average Bonchev–Trinajstić information content (AvgIpc) is 2.66. The second kappa shape index (κ2) is 9.21. The van der Waals surface area contributed by atoms with Gasteiger partial charge in [0.25, 0.3) is 5.91 Å². The van der Waals surface area contributed by atoms with Crippen LogP contribution in [0, 0.1) is 12.8 Å². The number of amides is 1. The number of nitrogens with zero attached hydrogens (tertiary/aromatic N) is 1. The Kier molecular flexibility index (Phi) is 7.21. The third kappa shape index (κ3) is 5.33. The van der Waals surface area contributed by atoms with Crippen molar-refractivity contribution in [2.75, 3.05) is 20.7 Å². The molecular weight excluding hydrogens is 376 g/mol. The highest BCUT2D eigenvalue weighted by molar-refractivity contribution is 7.89. The Morgan fingerprint density at radius 2 is 1.79 bits per heavy atom. The van der Waals surface area contributed by atoms with Crippen LogP contribution in [0.1, 0.15) is 35.3 Å². The second-order valence-electron chi connectivity index (χ2n) is 7.19. The lowest BCUT2D eigenvalue weighted by Crippen LogP contribution is -2.29. The Morgan fingerprint density at radius 3 is 2.36 bits per heavy atom. The highest BCUT2D eigenvalue weighted by Crippen LogP contribution is 2.21. The van der Waals surface area contributed by atoms with Gasteiger partial charge >= 0.3 is 0 Å². The van der Waals surface area contributed by atoms with Crippen molar-refractivity contribution in [3.63, 3.8) is 0 Å². The van der Waals surface area contributed by atoms with Gasteiger partial charge in [0.2, 0.25) is 10.0 Å². The van der Waals surface area contributed by atoms with E-state index in [9.17, 15) is 13.2 Å². The zero-order chi connectivity index (χ0) is 20.9. The number of carbonyl (C=O) groups excluding carboxylic acids is 1. The van der Waals surface area contributed by atoms with Crippen molar-refractivity contribution in [1.82, 2.24) is 9.62 Å². The van der Waals surface area contributed by atoms with E-state index in [1.165, 1.54) is 23.5 Å². The van der Waals surface area contributed by atoms with Crippen LogP contribution in [0.25, 0.3) is 0 Å². The molecule has 0 saturated carbocycles. The van der Waals surface area contributed by atoms with Crippen LogP contribution >= 0.6 is 0 Å². The number of methoxy groups -OCH3 is 1. The predicted octanol–water partition coefficient (Wildman–Crippen LogP) is 3.21. The van der Waals surface area contributed by atoms with Crippen LogP contribution < -0.4 is 10.1 Å². The molecule has 0 atom stereocenters. The summed E-state index contributed by atoms with van der Waals surface area (Å²) in [4.78, 5) is 12.5. The number of hydrogen-bond acceptors (Lipinski definition) is 4. The third-order valence-electron chi connectivity index (χ3n) is 4.40. The van der Waals surface area contributed by atoms with Gasteiger partial charge in [-0.25, -0.2) is 8.42 Å². The number of hydrogen-bond donors (Lipinski definition) is 1. The standard InChI is InChI=1S/C21H28N2O4S/c1-15(2)13-22-21(24)20-12-19(11-6-16(20)3)28(25,26)23(4)14-17-7-9-18(27-5)10-8-17/h6-12,15H,13-14H2,1-5H3,(H,22,24). The van der Waals surface area contributed by atoms with Gasteiger partial charge in [0.1, 0.15) is 5.75 Å². The van der Waals surface area contributed by atoms with Gasteiger partial charge in [-0.1, -0.05) is 32.0 Å². The van der Waals surface area contributed by atoms with Gasteiger partial charge in [-0.2, -0.15) is 4.31 Å². The zero-order valence-electron chi connectivity index (χ0n) is 17.0. The van der Waals surface area contributed by atoms with E-state index in [2.05, 4.69) is 5.32 Å². The summed E-state index contributed by atoms with van der Waals surface area (Å²) in [5, 5.41) is 2.84. The number of benzene rings is 2. The van der Waals surface area contributed by atoms with E-state index in [1.54, 1.807) is 32.2 Å². The van der Waals surface area contributed by atoms with E-state index in [-0.39, 0.29) is 17.3 Å². The molecule has 1 N–H and O–H groups in total. The van der Waals surface area contributed by atoms with Crippen molar-refractivity contribution in [3.8, 4) is 5.75 Å². The number of rotatable bonds is 8. The molecule has 0 aliphatic rings. The molecule has 0 fully saturated rings. The molecule has 0 radical (unpaired) electrons. The van der Waals surface area contributed by atoms with E-state index in [4.69, 9.17) is 4.74 Å². The van der Waals surface area contributed by atoms with Crippen molar-refractivity contribution in [2.45, 2.75) is 32.2 Å². The summed E-state index contributed by atoms with van der Waals surface area (Å²) < 4.78 is 32.4. The Labute approximate surface area is 167 Å². The molecule has 152 valence electrons. The lowest BCUT2D eigenvalue weighted by molar-refractivity contribution is 0.0948. The monoisotopic (exact) mass is 404 g/mol. The molecule has 28 heavy (non-hydrogen) atoms. The summed E-state index contributed by atoms with van der Waals surface area (Å²) in [5.74, 6) is 0.762. The molecule has 0 heterocycles. The first kappa shape index (κ1) is 21.9. The lowest BCUT2D eigenvalue weighted by atomic mass is 10.1. The summed E-state index contributed by atoms with van der Waals surface area (Å²) in [6.45, 7) is 6.55. The lowest BCUT2D eigenvalue weighted by Gasteiger charge is -2.18. The molecule has 6 nitrogen and oxygen atoms in total. The van der Waals surface area contributed by atoms with Gasteiger partial charge < -0.3 is 10.1 Å². The highest BCUT2D eigenvalue weighted by atomic mass is 32.2. The molecule has 0 spiro atoms. The van der Waals surface area contributed by atoms with Crippen molar-refractivity contribution < 1.29 is 17.9 Å². The van der Waals surface area contributed by atoms with Crippen LogP contribution in [0.3, 0.4) is 0 Å². The summed E-state index contributed by atoms with van der Waals surface area (Å²) in [5.41, 5.74) is 1.95. The molecule has 2 rings (SSSR count). The number of carbonyl (C=O) groups is 1. The van der Waals surface area contributed by atoms with Crippen molar-refractivity contribution in [2.24, 2.45) is 5.92 Å². The van der Waals surface area contributed by atoms with Gasteiger partial charge in [0.15, 0.2) is 0 Å². The Bertz CT molecular complexity index is 922. The van der Waals surface area contributed by atoms with E-state index in [0.29, 0.717) is 23.8 Å². The number of nitrogens with one attached hydrogen (secondary N) is 1.